The Hall–Kier alpha value is -3.27. The van der Waals surface area contributed by atoms with Crippen molar-refractivity contribution in [3.63, 3.8) is 0 Å². The molecule has 0 bridgehead atoms. The molecule has 5 rings (SSSR count). The van der Waals surface area contributed by atoms with E-state index in [1.54, 1.807) is 30.1 Å². The Morgan fingerprint density at radius 1 is 1.06 bits per heavy atom. The number of aliphatic hydroxyl groups excluding tert-OH is 1. The van der Waals surface area contributed by atoms with Crippen molar-refractivity contribution in [1.82, 2.24) is 19.4 Å². The predicted octanol–water partition coefficient (Wildman–Crippen LogP) is 1.53. The van der Waals surface area contributed by atoms with Crippen LogP contribution in [0.15, 0.2) is 59.7 Å². The topological polar surface area (TPSA) is 87.0 Å². The van der Waals surface area contributed by atoms with E-state index in [1.165, 1.54) is 11.3 Å². The van der Waals surface area contributed by atoms with Crippen LogP contribution < -0.4 is 15.4 Å². The van der Waals surface area contributed by atoms with E-state index >= 15 is 0 Å². The first-order valence-electron chi connectivity index (χ1n) is 12.2. The third-order valence-electron chi connectivity index (χ3n) is 6.90. The Balaban J connectivity index is 1.50. The molecule has 3 aromatic rings. The molecule has 0 saturated carbocycles. The molecule has 0 spiro atoms. The summed E-state index contributed by atoms with van der Waals surface area (Å²) in [5.74, 6) is 0.639. The fourth-order valence-electron chi connectivity index (χ4n) is 4.97. The first-order chi connectivity index (χ1) is 17.2. The van der Waals surface area contributed by atoms with Crippen molar-refractivity contribution in [3.05, 3.63) is 70.8 Å². The van der Waals surface area contributed by atoms with Crippen molar-refractivity contribution < 1.29 is 9.84 Å². The number of β-amino-alcohol motifs (C(OH)–C–C–N with tert-alkyl or cyclic N) is 1. The predicted molar refractivity (Wildman–Crippen MR) is 136 cm³/mol. The van der Waals surface area contributed by atoms with E-state index in [2.05, 4.69) is 43.9 Å². The van der Waals surface area contributed by atoms with E-state index < -0.39 is 0 Å². The van der Waals surface area contributed by atoms with Crippen molar-refractivity contribution in [3.8, 4) is 11.3 Å². The number of pyridine rings is 1. The van der Waals surface area contributed by atoms with Crippen LogP contribution in [0.4, 0.5) is 11.6 Å². The molecule has 9 heteroatoms. The highest BCUT2D eigenvalue weighted by Gasteiger charge is 2.31. The molecule has 0 amide bonds. The smallest absolute Gasteiger partial charge is 0.255 e. The molecule has 2 aromatic heterocycles. The fourth-order valence-corrected chi connectivity index (χ4v) is 4.97. The minimum Gasteiger partial charge on any atom is -0.395 e. The number of rotatable bonds is 6. The van der Waals surface area contributed by atoms with E-state index in [1.807, 2.05) is 12.1 Å². The summed E-state index contributed by atoms with van der Waals surface area (Å²) < 4.78 is 7.57. The summed E-state index contributed by atoms with van der Waals surface area (Å²) in [5.41, 5.74) is 3.77. The van der Waals surface area contributed by atoms with Crippen LogP contribution in [0, 0.1) is 0 Å². The molecule has 35 heavy (non-hydrogen) atoms. The van der Waals surface area contributed by atoms with E-state index in [9.17, 15) is 9.90 Å². The Morgan fingerprint density at radius 2 is 1.83 bits per heavy atom. The van der Waals surface area contributed by atoms with Crippen molar-refractivity contribution in [2.45, 2.75) is 6.04 Å². The summed E-state index contributed by atoms with van der Waals surface area (Å²) in [6.45, 7) is 6.29. The highest BCUT2D eigenvalue weighted by atomic mass is 16.5. The number of hydrogen-bond acceptors (Lipinski definition) is 8. The molecule has 1 atom stereocenters. The Bertz CT molecular complexity index is 1190. The zero-order valence-corrected chi connectivity index (χ0v) is 20.1. The number of benzene rings is 1. The van der Waals surface area contributed by atoms with Crippen LogP contribution in [0.1, 0.15) is 11.6 Å². The van der Waals surface area contributed by atoms with Crippen molar-refractivity contribution in [2.75, 3.05) is 68.9 Å². The van der Waals surface area contributed by atoms with E-state index in [0.29, 0.717) is 37.9 Å². The lowest BCUT2D eigenvalue weighted by atomic mass is 10.0. The number of aliphatic hydroxyl groups is 1. The Morgan fingerprint density at radius 3 is 2.60 bits per heavy atom. The minimum atomic E-state index is -0.0969. The molecule has 1 unspecified atom stereocenters. The largest absolute Gasteiger partial charge is 0.395 e. The maximum Gasteiger partial charge on any atom is 0.255 e. The third kappa shape index (κ3) is 4.93. The monoisotopic (exact) mass is 476 g/mol. The average molecular weight is 477 g/mol. The van der Waals surface area contributed by atoms with E-state index in [4.69, 9.17) is 9.72 Å². The van der Waals surface area contributed by atoms with Crippen molar-refractivity contribution >= 4 is 11.6 Å². The van der Waals surface area contributed by atoms with Gasteiger partial charge in [0, 0.05) is 81.6 Å². The summed E-state index contributed by atoms with van der Waals surface area (Å²) in [4.78, 5) is 28.9. The number of anilines is 2. The maximum atomic E-state index is 12.9. The molecule has 2 aliphatic rings. The van der Waals surface area contributed by atoms with Crippen LogP contribution in [-0.2, 0) is 11.8 Å². The number of nitrogens with zero attached hydrogens (tertiary/aromatic N) is 6. The molecule has 9 nitrogen and oxygen atoms in total. The van der Waals surface area contributed by atoms with Gasteiger partial charge in [0.1, 0.15) is 0 Å². The third-order valence-corrected chi connectivity index (χ3v) is 6.90. The fraction of sp³-hybridized carbons (Fsp3) is 0.423. The lowest BCUT2D eigenvalue weighted by Crippen LogP contribution is -2.48. The van der Waals surface area contributed by atoms with Crippen LogP contribution in [0.5, 0.6) is 0 Å². The lowest BCUT2D eigenvalue weighted by molar-refractivity contribution is 0.0928. The SMILES string of the molecule is Cn1c(N2CCOCC2c2ccccc2N2CCN(CCO)CC2)nc(-c2ccncc2)cc1=O. The lowest BCUT2D eigenvalue weighted by Gasteiger charge is -2.41. The molecule has 2 fully saturated rings. The molecule has 184 valence electrons. The normalized spacial score (nSPS) is 19.2. The van der Waals surface area contributed by atoms with Gasteiger partial charge in [0.05, 0.1) is 31.6 Å². The quantitative estimate of drug-likeness (QED) is 0.573. The highest BCUT2D eigenvalue weighted by molar-refractivity contribution is 5.61. The van der Waals surface area contributed by atoms with Gasteiger partial charge in [-0.25, -0.2) is 4.98 Å². The second-order valence-corrected chi connectivity index (χ2v) is 8.97. The van der Waals surface area contributed by atoms with Gasteiger partial charge >= 0.3 is 0 Å². The van der Waals surface area contributed by atoms with Gasteiger partial charge in [0.2, 0.25) is 5.95 Å². The molecule has 4 heterocycles. The average Bonchev–Trinajstić information content (AvgIpc) is 2.91. The van der Waals surface area contributed by atoms with Gasteiger partial charge in [0.15, 0.2) is 0 Å². The van der Waals surface area contributed by atoms with Gasteiger partial charge in [-0.1, -0.05) is 18.2 Å². The van der Waals surface area contributed by atoms with Gasteiger partial charge in [-0.2, -0.15) is 0 Å². The highest BCUT2D eigenvalue weighted by Crippen LogP contribution is 2.35. The number of ether oxygens (including phenoxy) is 1. The molecular weight excluding hydrogens is 444 g/mol. The molecule has 2 saturated heterocycles. The van der Waals surface area contributed by atoms with Gasteiger partial charge in [-0.05, 0) is 18.2 Å². The summed E-state index contributed by atoms with van der Waals surface area (Å²) in [6, 6.07) is 13.7. The minimum absolute atomic E-state index is 0.0683. The zero-order chi connectivity index (χ0) is 24.2. The van der Waals surface area contributed by atoms with Crippen LogP contribution >= 0.6 is 0 Å². The first kappa shape index (κ1) is 23.5. The summed E-state index contributed by atoms with van der Waals surface area (Å²) >= 11 is 0. The van der Waals surface area contributed by atoms with Crippen LogP contribution in [0.2, 0.25) is 0 Å². The molecular formula is C26H32N6O3. The van der Waals surface area contributed by atoms with Crippen LogP contribution in [-0.4, -0.2) is 83.6 Å². The number of morpholine rings is 1. The van der Waals surface area contributed by atoms with Crippen molar-refractivity contribution in [2.24, 2.45) is 7.05 Å². The Labute approximate surface area is 205 Å². The standard InChI is InChI=1S/C26H32N6O3/c1-29-25(34)18-22(20-6-8-27-9-7-20)28-26(29)32-15-17-35-19-24(32)21-4-2-3-5-23(21)31-12-10-30(11-13-31)14-16-33/h2-9,18,24,33H,10-17,19H2,1H3. The second-order valence-electron chi connectivity index (χ2n) is 8.97. The van der Waals surface area contributed by atoms with Gasteiger partial charge in [-0.3, -0.25) is 19.2 Å². The van der Waals surface area contributed by atoms with Gasteiger partial charge in [0.25, 0.3) is 5.56 Å². The molecule has 0 aliphatic carbocycles. The first-order valence-corrected chi connectivity index (χ1v) is 12.2. The maximum absolute atomic E-state index is 12.9. The van der Waals surface area contributed by atoms with Gasteiger partial charge in [-0.15, -0.1) is 0 Å². The molecule has 1 N–H and O–H groups in total. The van der Waals surface area contributed by atoms with Crippen LogP contribution in [0.25, 0.3) is 11.3 Å². The summed E-state index contributed by atoms with van der Waals surface area (Å²) in [7, 11) is 1.78. The zero-order valence-electron chi connectivity index (χ0n) is 20.1. The molecule has 1 aromatic carbocycles. The Kier molecular flexibility index (Phi) is 7.08. The van der Waals surface area contributed by atoms with Crippen molar-refractivity contribution in [1.29, 1.82) is 0 Å². The molecule has 0 radical (unpaired) electrons. The van der Waals surface area contributed by atoms with E-state index in [-0.39, 0.29) is 18.2 Å². The van der Waals surface area contributed by atoms with Gasteiger partial charge < -0.3 is 19.6 Å². The summed E-state index contributed by atoms with van der Waals surface area (Å²) in [6.07, 6.45) is 3.42. The number of para-hydroxylation sites is 1. The van der Waals surface area contributed by atoms with Crippen LogP contribution in [0.3, 0.4) is 0 Å². The number of piperazine rings is 1. The van der Waals surface area contributed by atoms with E-state index in [0.717, 1.165) is 31.7 Å². The second kappa shape index (κ2) is 10.6. The number of aromatic nitrogens is 3. The summed E-state index contributed by atoms with van der Waals surface area (Å²) in [5, 5.41) is 9.28. The molecule has 2 aliphatic heterocycles. The number of hydrogen-bond donors (Lipinski definition) is 1.